The van der Waals surface area contributed by atoms with Gasteiger partial charge in [0.15, 0.2) is 0 Å². The van der Waals surface area contributed by atoms with E-state index in [9.17, 15) is 19.1 Å². The molecule has 3 aromatic rings. The predicted molar refractivity (Wildman–Crippen MR) is 127 cm³/mol. The van der Waals surface area contributed by atoms with Crippen LogP contribution in [-0.4, -0.2) is 55.3 Å². The van der Waals surface area contributed by atoms with Gasteiger partial charge in [0.05, 0.1) is 18.4 Å². The largest absolute Gasteiger partial charge is 0.507 e. The van der Waals surface area contributed by atoms with Gasteiger partial charge in [0, 0.05) is 50.4 Å². The van der Waals surface area contributed by atoms with Crippen LogP contribution in [0.5, 0.6) is 5.75 Å². The highest BCUT2D eigenvalue weighted by Crippen LogP contribution is 2.40. The lowest BCUT2D eigenvalue weighted by Crippen LogP contribution is -2.43. The summed E-state index contributed by atoms with van der Waals surface area (Å²) < 4.78 is 19.5. The third-order valence-electron chi connectivity index (χ3n) is 5.62. The summed E-state index contributed by atoms with van der Waals surface area (Å²) in [6.45, 7) is 4.58. The van der Waals surface area contributed by atoms with E-state index in [0.29, 0.717) is 16.7 Å². The van der Waals surface area contributed by atoms with Crippen molar-refractivity contribution in [3.05, 3.63) is 60.0 Å². The van der Waals surface area contributed by atoms with Gasteiger partial charge in [-0.1, -0.05) is 6.07 Å². The van der Waals surface area contributed by atoms with Crippen molar-refractivity contribution in [2.45, 2.75) is 6.92 Å². The monoisotopic (exact) mass is 464 g/mol. The van der Waals surface area contributed by atoms with E-state index in [4.69, 9.17) is 4.74 Å². The maximum atomic E-state index is 14.6. The second kappa shape index (κ2) is 9.88. The number of esters is 1. The summed E-state index contributed by atoms with van der Waals surface area (Å²) in [6, 6.07) is 10.8. The first kappa shape index (κ1) is 23.2. The number of benzene rings is 2. The first-order chi connectivity index (χ1) is 16.4. The van der Waals surface area contributed by atoms with Crippen LogP contribution < -0.4 is 15.5 Å². The number of phenolic OH excluding ortho intramolecular Hbond substituents is 1. The molecule has 0 atom stereocenters. The maximum absolute atomic E-state index is 14.6. The summed E-state index contributed by atoms with van der Waals surface area (Å²) in [7, 11) is 1.27. The summed E-state index contributed by atoms with van der Waals surface area (Å²) in [5, 5.41) is 16.9. The molecule has 4 rings (SSSR count). The first-order valence-corrected chi connectivity index (χ1v) is 10.8. The third kappa shape index (κ3) is 4.84. The number of hydrogen-bond donors (Lipinski definition) is 3. The van der Waals surface area contributed by atoms with Gasteiger partial charge in [-0.2, -0.15) is 0 Å². The van der Waals surface area contributed by atoms with E-state index >= 15 is 0 Å². The SMILES string of the molecule is COC(=O)c1cc(-c2ccnc(N3CCNCC3)c2)c(O)c(-c2ccc(NC(C)=O)c(F)c2)c1. The lowest BCUT2D eigenvalue weighted by molar-refractivity contribution is -0.114. The van der Waals surface area contributed by atoms with Gasteiger partial charge in [0.1, 0.15) is 17.4 Å². The van der Waals surface area contributed by atoms with Gasteiger partial charge in [-0.25, -0.2) is 14.2 Å². The zero-order valence-electron chi connectivity index (χ0n) is 18.9. The molecule has 1 fully saturated rings. The maximum Gasteiger partial charge on any atom is 0.337 e. The molecule has 0 bridgehead atoms. The number of phenols is 1. The molecular weight excluding hydrogens is 439 g/mol. The number of ether oxygens (including phenoxy) is 1. The molecule has 2 aromatic carbocycles. The molecule has 0 radical (unpaired) electrons. The molecule has 9 heteroatoms. The molecule has 1 amide bonds. The van der Waals surface area contributed by atoms with Crippen LogP contribution in [0, 0.1) is 5.82 Å². The highest BCUT2D eigenvalue weighted by atomic mass is 19.1. The van der Waals surface area contributed by atoms with Crippen molar-refractivity contribution in [2.75, 3.05) is 43.5 Å². The number of aromatic hydroxyl groups is 1. The second-order valence-electron chi connectivity index (χ2n) is 7.93. The number of halogens is 1. The van der Waals surface area contributed by atoms with Crippen molar-refractivity contribution >= 4 is 23.4 Å². The Kier molecular flexibility index (Phi) is 6.74. The summed E-state index contributed by atoms with van der Waals surface area (Å²) in [6.07, 6.45) is 1.65. The highest BCUT2D eigenvalue weighted by molar-refractivity contribution is 5.96. The number of nitrogens with zero attached hydrogens (tertiary/aromatic N) is 2. The number of amides is 1. The lowest BCUT2D eigenvalue weighted by atomic mass is 9.94. The Bertz CT molecular complexity index is 1240. The van der Waals surface area contributed by atoms with E-state index in [1.54, 1.807) is 24.4 Å². The number of aromatic nitrogens is 1. The minimum atomic E-state index is -0.665. The topological polar surface area (TPSA) is 104 Å². The van der Waals surface area contributed by atoms with Crippen LogP contribution in [0.15, 0.2) is 48.7 Å². The van der Waals surface area contributed by atoms with Crippen LogP contribution in [0.4, 0.5) is 15.9 Å². The number of carbonyl (C=O) groups is 2. The van der Waals surface area contributed by atoms with E-state index in [1.807, 2.05) is 6.07 Å². The molecule has 1 aromatic heterocycles. The predicted octanol–water partition coefficient (Wildman–Crippen LogP) is 3.41. The summed E-state index contributed by atoms with van der Waals surface area (Å²) >= 11 is 0. The molecule has 1 aliphatic heterocycles. The molecule has 0 spiro atoms. The van der Waals surface area contributed by atoms with Gasteiger partial charge in [0.25, 0.3) is 0 Å². The van der Waals surface area contributed by atoms with E-state index < -0.39 is 17.7 Å². The number of rotatable bonds is 5. The molecule has 1 saturated heterocycles. The Hall–Kier alpha value is -3.98. The Morgan fingerprint density at radius 1 is 1.09 bits per heavy atom. The fraction of sp³-hybridized carbons (Fsp3) is 0.240. The molecule has 176 valence electrons. The van der Waals surface area contributed by atoms with E-state index in [-0.39, 0.29) is 22.6 Å². The van der Waals surface area contributed by atoms with Crippen LogP contribution in [0.2, 0.25) is 0 Å². The van der Waals surface area contributed by atoms with E-state index in [0.717, 1.165) is 32.0 Å². The number of piperazine rings is 1. The number of nitrogens with one attached hydrogen (secondary N) is 2. The Labute approximate surface area is 196 Å². The lowest BCUT2D eigenvalue weighted by Gasteiger charge is -2.28. The second-order valence-corrected chi connectivity index (χ2v) is 7.93. The van der Waals surface area contributed by atoms with Gasteiger partial charge in [-0.3, -0.25) is 4.79 Å². The summed E-state index contributed by atoms with van der Waals surface area (Å²) in [5.74, 6) is -1.01. The quantitative estimate of drug-likeness (QED) is 0.497. The van der Waals surface area contributed by atoms with Crippen LogP contribution in [0.1, 0.15) is 17.3 Å². The van der Waals surface area contributed by atoms with Gasteiger partial charge >= 0.3 is 5.97 Å². The zero-order valence-corrected chi connectivity index (χ0v) is 18.9. The summed E-state index contributed by atoms with van der Waals surface area (Å²) in [5.41, 5.74) is 1.87. The molecular formula is C25H25FN4O4. The van der Waals surface area contributed by atoms with Crippen molar-refractivity contribution in [3.63, 3.8) is 0 Å². The van der Waals surface area contributed by atoms with Crippen LogP contribution in [0.25, 0.3) is 22.3 Å². The highest BCUT2D eigenvalue weighted by Gasteiger charge is 2.20. The van der Waals surface area contributed by atoms with Crippen molar-refractivity contribution in [1.29, 1.82) is 0 Å². The Balaban J connectivity index is 1.82. The number of carbonyl (C=O) groups excluding carboxylic acids is 2. The average Bonchev–Trinajstić information content (AvgIpc) is 2.85. The van der Waals surface area contributed by atoms with Crippen LogP contribution >= 0.6 is 0 Å². The molecule has 3 N–H and O–H groups in total. The molecule has 0 saturated carbocycles. The van der Waals surface area contributed by atoms with Crippen LogP contribution in [0.3, 0.4) is 0 Å². The molecule has 0 aliphatic carbocycles. The zero-order chi connectivity index (χ0) is 24.2. The van der Waals surface area contributed by atoms with Gasteiger partial charge in [0.2, 0.25) is 5.91 Å². The molecule has 0 unspecified atom stereocenters. The molecule has 1 aliphatic rings. The first-order valence-electron chi connectivity index (χ1n) is 10.8. The van der Waals surface area contributed by atoms with E-state index in [2.05, 4.69) is 20.5 Å². The van der Waals surface area contributed by atoms with Gasteiger partial charge in [-0.15, -0.1) is 0 Å². The minimum absolute atomic E-state index is 0.0230. The van der Waals surface area contributed by atoms with Gasteiger partial charge < -0.3 is 25.4 Å². The van der Waals surface area contributed by atoms with Crippen molar-refractivity contribution in [1.82, 2.24) is 10.3 Å². The fourth-order valence-electron chi connectivity index (χ4n) is 3.94. The van der Waals surface area contributed by atoms with Crippen molar-refractivity contribution < 1.29 is 23.8 Å². The number of methoxy groups -OCH3 is 1. The molecule has 34 heavy (non-hydrogen) atoms. The van der Waals surface area contributed by atoms with Crippen molar-refractivity contribution in [2.24, 2.45) is 0 Å². The fourth-order valence-corrected chi connectivity index (χ4v) is 3.94. The molecule has 8 nitrogen and oxygen atoms in total. The van der Waals surface area contributed by atoms with Crippen LogP contribution in [-0.2, 0) is 9.53 Å². The summed E-state index contributed by atoms with van der Waals surface area (Å²) in [4.78, 5) is 30.3. The smallest absolute Gasteiger partial charge is 0.337 e. The van der Waals surface area contributed by atoms with Crippen molar-refractivity contribution in [3.8, 4) is 28.0 Å². The average molecular weight is 464 g/mol. The van der Waals surface area contributed by atoms with Gasteiger partial charge in [-0.05, 0) is 47.5 Å². The third-order valence-corrected chi connectivity index (χ3v) is 5.62. The minimum Gasteiger partial charge on any atom is -0.507 e. The normalized spacial score (nSPS) is 13.4. The number of hydrogen-bond acceptors (Lipinski definition) is 7. The molecule has 2 heterocycles. The number of anilines is 2. The standard InChI is InChI=1S/C25H25FN4O4/c1-15(31)29-22-4-3-16(13-21(22)26)19-11-18(25(33)34-2)12-20(24(19)32)17-5-6-28-23(14-17)30-9-7-27-8-10-30/h3-6,11-14,27,32H,7-10H2,1-2H3,(H,29,31). The van der Waals surface area contributed by atoms with E-state index in [1.165, 1.54) is 32.2 Å². The Morgan fingerprint density at radius 3 is 2.38 bits per heavy atom. The Morgan fingerprint density at radius 2 is 1.76 bits per heavy atom. The number of pyridine rings is 1.